The Bertz CT molecular complexity index is 405. The molecule has 1 aromatic carbocycles. The summed E-state index contributed by atoms with van der Waals surface area (Å²) in [7, 11) is 4.06. The zero-order chi connectivity index (χ0) is 15.1. The summed E-state index contributed by atoms with van der Waals surface area (Å²) in [5.74, 6) is 0.495. The number of nitrogens with zero attached hydrogens (tertiary/aromatic N) is 1. The normalized spacial score (nSPS) is 12.6. The van der Waals surface area contributed by atoms with E-state index < -0.39 is 6.10 Å². The van der Waals surface area contributed by atoms with Crippen molar-refractivity contribution in [2.24, 2.45) is 5.92 Å². The maximum atomic E-state index is 9.86. The highest BCUT2D eigenvalue weighted by Gasteiger charge is 2.06. The van der Waals surface area contributed by atoms with Crippen molar-refractivity contribution in [1.82, 2.24) is 0 Å². The highest BCUT2D eigenvalue weighted by molar-refractivity contribution is 5.61. The fourth-order valence-electron chi connectivity index (χ4n) is 1.94. The zero-order valence-corrected chi connectivity index (χ0v) is 13.3. The second-order valence-electron chi connectivity index (χ2n) is 5.86. The summed E-state index contributed by atoms with van der Waals surface area (Å²) in [5.41, 5.74) is 3.43. The van der Waals surface area contributed by atoms with Gasteiger partial charge in [0.25, 0.3) is 0 Å². The van der Waals surface area contributed by atoms with Crippen molar-refractivity contribution in [3.05, 3.63) is 23.8 Å². The first-order valence-electron chi connectivity index (χ1n) is 7.17. The van der Waals surface area contributed by atoms with Crippen LogP contribution in [0.1, 0.15) is 19.4 Å². The van der Waals surface area contributed by atoms with Crippen LogP contribution in [0.4, 0.5) is 11.4 Å². The third-order valence-corrected chi connectivity index (χ3v) is 2.99. The Labute approximate surface area is 122 Å². The van der Waals surface area contributed by atoms with Crippen LogP contribution in [0.15, 0.2) is 18.2 Å². The maximum Gasteiger partial charge on any atom is 0.0945 e. The fourth-order valence-corrected chi connectivity index (χ4v) is 1.94. The second kappa shape index (κ2) is 8.12. The van der Waals surface area contributed by atoms with Crippen molar-refractivity contribution in [3.8, 4) is 0 Å². The lowest BCUT2D eigenvalue weighted by Crippen LogP contribution is -2.25. The molecule has 0 amide bonds. The highest BCUT2D eigenvalue weighted by atomic mass is 16.5. The molecule has 0 heterocycles. The van der Waals surface area contributed by atoms with Crippen LogP contribution >= 0.6 is 0 Å². The summed E-state index contributed by atoms with van der Waals surface area (Å²) in [6.07, 6.45) is -0.488. The van der Waals surface area contributed by atoms with Crippen molar-refractivity contribution < 1.29 is 9.84 Å². The van der Waals surface area contributed by atoms with Gasteiger partial charge < -0.3 is 20.1 Å². The predicted octanol–water partition coefficient (Wildman–Crippen LogP) is 2.51. The molecule has 0 radical (unpaired) electrons. The number of aliphatic hydroxyl groups excluding tert-OH is 1. The molecular weight excluding hydrogens is 252 g/mol. The molecule has 1 rings (SSSR count). The first kappa shape index (κ1) is 16.8. The van der Waals surface area contributed by atoms with E-state index in [1.54, 1.807) is 0 Å². The van der Waals surface area contributed by atoms with Crippen molar-refractivity contribution in [2.45, 2.75) is 26.9 Å². The molecule has 4 heteroatoms. The van der Waals surface area contributed by atoms with E-state index in [1.807, 2.05) is 20.2 Å². The minimum Gasteiger partial charge on any atom is -0.389 e. The number of rotatable bonds is 8. The molecule has 1 unspecified atom stereocenters. The third-order valence-electron chi connectivity index (χ3n) is 2.99. The second-order valence-corrected chi connectivity index (χ2v) is 5.86. The molecule has 114 valence electrons. The first-order valence-corrected chi connectivity index (χ1v) is 7.17. The molecule has 0 aromatic heterocycles. The number of hydrogen-bond donors (Lipinski definition) is 2. The first-order chi connectivity index (χ1) is 9.40. The van der Waals surface area contributed by atoms with Gasteiger partial charge in [-0.05, 0) is 30.5 Å². The van der Waals surface area contributed by atoms with Crippen LogP contribution in [-0.2, 0) is 4.74 Å². The monoisotopic (exact) mass is 280 g/mol. The van der Waals surface area contributed by atoms with Gasteiger partial charge in [-0.1, -0.05) is 19.9 Å². The van der Waals surface area contributed by atoms with Gasteiger partial charge in [-0.15, -0.1) is 0 Å². The van der Waals surface area contributed by atoms with Crippen LogP contribution in [0.5, 0.6) is 0 Å². The Morgan fingerprint density at radius 3 is 2.55 bits per heavy atom. The van der Waals surface area contributed by atoms with Gasteiger partial charge in [0.15, 0.2) is 0 Å². The number of anilines is 2. The van der Waals surface area contributed by atoms with Gasteiger partial charge in [0, 0.05) is 38.6 Å². The van der Waals surface area contributed by atoms with Crippen LogP contribution in [0.25, 0.3) is 0 Å². The summed E-state index contributed by atoms with van der Waals surface area (Å²) < 4.78 is 5.43. The molecule has 1 atom stereocenters. The summed E-state index contributed by atoms with van der Waals surface area (Å²) in [6.45, 7) is 7.84. The van der Waals surface area contributed by atoms with E-state index in [0.29, 0.717) is 25.7 Å². The molecule has 2 N–H and O–H groups in total. The van der Waals surface area contributed by atoms with E-state index in [9.17, 15) is 5.11 Å². The fraction of sp³-hybridized carbons (Fsp3) is 0.625. The number of aryl methyl sites for hydroxylation is 1. The Hall–Kier alpha value is -1.26. The van der Waals surface area contributed by atoms with Crippen LogP contribution in [-0.4, -0.2) is 45.1 Å². The minimum atomic E-state index is -0.488. The Kier molecular flexibility index (Phi) is 6.82. The van der Waals surface area contributed by atoms with Gasteiger partial charge in [0.05, 0.1) is 12.7 Å². The van der Waals surface area contributed by atoms with E-state index >= 15 is 0 Å². The standard InChI is InChI=1S/C16H28N2O2/c1-12(2)10-20-11-15(19)9-17-14-7-6-13(3)16(8-14)18(4)5/h6-8,12,15,17,19H,9-11H2,1-5H3. The molecule has 20 heavy (non-hydrogen) atoms. The smallest absolute Gasteiger partial charge is 0.0945 e. The number of aliphatic hydroxyl groups is 1. The molecular formula is C16H28N2O2. The largest absolute Gasteiger partial charge is 0.389 e. The van der Waals surface area contributed by atoms with Crippen LogP contribution in [0.2, 0.25) is 0 Å². The number of hydrogen-bond acceptors (Lipinski definition) is 4. The molecule has 0 saturated carbocycles. The number of nitrogens with one attached hydrogen (secondary N) is 1. The van der Waals surface area contributed by atoms with E-state index in [4.69, 9.17) is 4.74 Å². The molecule has 0 aliphatic heterocycles. The summed E-state index contributed by atoms with van der Waals surface area (Å²) >= 11 is 0. The lowest BCUT2D eigenvalue weighted by Gasteiger charge is -2.18. The molecule has 0 aliphatic rings. The molecule has 0 aliphatic carbocycles. The number of ether oxygens (including phenoxy) is 1. The van der Waals surface area contributed by atoms with E-state index in [1.165, 1.54) is 11.3 Å². The highest BCUT2D eigenvalue weighted by Crippen LogP contribution is 2.22. The van der Waals surface area contributed by atoms with Gasteiger partial charge in [0.1, 0.15) is 0 Å². The molecule has 0 fully saturated rings. The molecule has 0 bridgehead atoms. The molecule has 0 saturated heterocycles. The zero-order valence-electron chi connectivity index (χ0n) is 13.3. The Morgan fingerprint density at radius 2 is 1.95 bits per heavy atom. The number of benzene rings is 1. The van der Waals surface area contributed by atoms with Gasteiger partial charge in [-0.3, -0.25) is 0 Å². The topological polar surface area (TPSA) is 44.7 Å². The van der Waals surface area contributed by atoms with Crippen molar-refractivity contribution in [2.75, 3.05) is 44.1 Å². The van der Waals surface area contributed by atoms with Crippen molar-refractivity contribution >= 4 is 11.4 Å². The summed E-state index contributed by atoms with van der Waals surface area (Å²) in [4.78, 5) is 2.09. The van der Waals surface area contributed by atoms with Crippen molar-refractivity contribution in [3.63, 3.8) is 0 Å². The van der Waals surface area contributed by atoms with Gasteiger partial charge in [0.2, 0.25) is 0 Å². The van der Waals surface area contributed by atoms with Crippen LogP contribution < -0.4 is 10.2 Å². The predicted molar refractivity (Wildman–Crippen MR) is 85.7 cm³/mol. The average Bonchev–Trinajstić information content (AvgIpc) is 2.37. The maximum absolute atomic E-state index is 9.86. The average molecular weight is 280 g/mol. The third kappa shape index (κ3) is 5.80. The van der Waals surface area contributed by atoms with Gasteiger partial charge >= 0.3 is 0 Å². The quantitative estimate of drug-likeness (QED) is 0.768. The van der Waals surface area contributed by atoms with E-state index in [-0.39, 0.29) is 0 Å². The van der Waals surface area contributed by atoms with E-state index in [0.717, 1.165) is 5.69 Å². The van der Waals surface area contributed by atoms with Crippen LogP contribution in [0, 0.1) is 12.8 Å². The van der Waals surface area contributed by atoms with Crippen molar-refractivity contribution in [1.29, 1.82) is 0 Å². The van der Waals surface area contributed by atoms with Gasteiger partial charge in [-0.2, -0.15) is 0 Å². The molecule has 1 aromatic rings. The molecule has 4 nitrogen and oxygen atoms in total. The SMILES string of the molecule is Cc1ccc(NCC(O)COCC(C)C)cc1N(C)C. The minimum absolute atomic E-state index is 0.373. The lowest BCUT2D eigenvalue weighted by atomic mass is 10.1. The van der Waals surface area contributed by atoms with E-state index in [2.05, 4.69) is 43.1 Å². The van der Waals surface area contributed by atoms with Crippen LogP contribution in [0.3, 0.4) is 0 Å². The Balaban J connectivity index is 2.43. The Morgan fingerprint density at radius 1 is 1.25 bits per heavy atom. The summed E-state index contributed by atoms with van der Waals surface area (Å²) in [5, 5.41) is 13.1. The summed E-state index contributed by atoms with van der Waals surface area (Å²) in [6, 6.07) is 6.21. The van der Waals surface area contributed by atoms with Gasteiger partial charge in [-0.25, -0.2) is 0 Å². The molecule has 0 spiro atoms. The lowest BCUT2D eigenvalue weighted by molar-refractivity contribution is 0.0318.